The Balaban J connectivity index is 1.47. The Kier molecular flexibility index (Phi) is 8.38. The predicted octanol–water partition coefficient (Wildman–Crippen LogP) is 7.42. The molecule has 0 amide bonds. The average Bonchev–Trinajstić information content (AvgIpc) is 3.37. The second kappa shape index (κ2) is 11.1. The summed E-state index contributed by atoms with van der Waals surface area (Å²) in [7, 11) is 0. The lowest BCUT2D eigenvalue weighted by Crippen LogP contribution is -2.60. The summed E-state index contributed by atoms with van der Waals surface area (Å²) in [6, 6.07) is 5.88. The molecule has 2 aliphatic carbocycles. The van der Waals surface area contributed by atoms with Crippen molar-refractivity contribution in [2.45, 2.75) is 111 Å². The van der Waals surface area contributed by atoms with Crippen LogP contribution in [0.3, 0.4) is 0 Å². The van der Waals surface area contributed by atoms with E-state index in [1.165, 1.54) is 64.2 Å². The number of hydrogen-bond donors (Lipinski definition) is 0. The van der Waals surface area contributed by atoms with Crippen LogP contribution in [0.25, 0.3) is 0 Å². The summed E-state index contributed by atoms with van der Waals surface area (Å²) in [5.41, 5.74) is 0.391. The van der Waals surface area contributed by atoms with Gasteiger partial charge in [0, 0.05) is 23.6 Å². The lowest BCUT2D eigenvalue weighted by molar-refractivity contribution is -0.315. The molecule has 6 atom stereocenters. The van der Waals surface area contributed by atoms with Gasteiger partial charge in [-0.1, -0.05) is 65.9 Å². The molecule has 3 fully saturated rings. The van der Waals surface area contributed by atoms with Crippen LogP contribution in [0, 0.1) is 28.6 Å². The lowest BCUT2D eigenvalue weighted by Gasteiger charge is -2.61. The van der Waals surface area contributed by atoms with Crippen molar-refractivity contribution in [1.29, 1.82) is 0 Å². The minimum atomic E-state index is 0.0375. The summed E-state index contributed by atoms with van der Waals surface area (Å²) in [5.74, 6) is 2.60. The van der Waals surface area contributed by atoms with E-state index in [9.17, 15) is 0 Å². The molecular formula is C29H47NO3. The molecule has 3 aliphatic rings. The maximum atomic E-state index is 6.78. The summed E-state index contributed by atoms with van der Waals surface area (Å²) in [6.45, 7) is 11.4. The molecule has 0 bridgehead atoms. The fourth-order valence-electron chi connectivity index (χ4n) is 7.58. The molecule has 4 heteroatoms. The smallest absolute Gasteiger partial charge is 0.213 e. The number of pyridine rings is 1. The van der Waals surface area contributed by atoms with E-state index in [-0.39, 0.29) is 17.1 Å². The van der Waals surface area contributed by atoms with E-state index in [4.69, 9.17) is 14.2 Å². The quantitative estimate of drug-likeness (QED) is 0.366. The van der Waals surface area contributed by atoms with Gasteiger partial charge in [-0.3, -0.25) is 0 Å². The van der Waals surface area contributed by atoms with Crippen LogP contribution in [0.15, 0.2) is 24.4 Å². The Morgan fingerprint density at radius 2 is 1.97 bits per heavy atom. The third-order valence-electron chi connectivity index (χ3n) is 9.54. The Labute approximate surface area is 202 Å². The van der Waals surface area contributed by atoms with Crippen molar-refractivity contribution in [3.63, 3.8) is 0 Å². The fourth-order valence-corrected chi connectivity index (χ4v) is 7.58. The highest BCUT2D eigenvalue weighted by atomic mass is 16.7. The molecule has 0 N–H and O–H groups in total. The molecule has 2 heterocycles. The molecule has 1 saturated heterocycles. The summed E-state index contributed by atoms with van der Waals surface area (Å²) < 4.78 is 19.3. The molecule has 1 unspecified atom stereocenters. The second-order valence-electron chi connectivity index (χ2n) is 11.5. The van der Waals surface area contributed by atoms with Gasteiger partial charge in [-0.25, -0.2) is 4.98 Å². The number of ether oxygens (including phenoxy) is 3. The van der Waals surface area contributed by atoms with Crippen molar-refractivity contribution in [2.75, 3.05) is 13.2 Å². The first-order chi connectivity index (χ1) is 16.0. The van der Waals surface area contributed by atoms with Gasteiger partial charge in [-0.2, -0.15) is 0 Å². The number of unbranched alkanes of at least 4 members (excludes halogenated alkanes) is 1. The zero-order chi connectivity index (χ0) is 23.3. The van der Waals surface area contributed by atoms with Crippen LogP contribution in [0.4, 0.5) is 0 Å². The molecule has 2 saturated carbocycles. The number of fused-ring (bicyclic) bond motifs is 1. The first-order valence-corrected chi connectivity index (χ1v) is 13.8. The predicted molar refractivity (Wildman–Crippen MR) is 133 cm³/mol. The van der Waals surface area contributed by atoms with Crippen molar-refractivity contribution < 1.29 is 14.2 Å². The van der Waals surface area contributed by atoms with Gasteiger partial charge in [0.05, 0.1) is 19.3 Å². The molecule has 0 radical (unpaired) electrons. The van der Waals surface area contributed by atoms with Crippen molar-refractivity contribution in [2.24, 2.45) is 28.6 Å². The first kappa shape index (κ1) is 25.0. The summed E-state index contributed by atoms with van der Waals surface area (Å²) in [6.07, 6.45) is 15.9. The number of hydrogen-bond acceptors (Lipinski definition) is 4. The van der Waals surface area contributed by atoms with Gasteiger partial charge in [0.15, 0.2) is 6.29 Å². The van der Waals surface area contributed by atoms with Gasteiger partial charge in [0.2, 0.25) is 5.88 Å². The molecule has 1 aliphatic heterocycles. The third-order valence-corrected chi connectivity index (χ3v) is 9.54. The molecule has 0 spiro atoms. The SMILES string of the molecule is CCCCC1[C@]2(C)CO[C@@H](C3CCCC3)O[C@@H]2CC[C@@]1(C)[C@@H](CC)CCOc1ccccn1. The standard InChI is InChI=1S/C29H47NO3/c1-5-7-14-24-28(3,23(6-2)17-20-31-26-15-10-11-19-30-26)18-16-25-29(24,4)21-32-27(33-25)22-12-8-9-13-22/h10-11,15,19,22-25,27H,5-9,12-14,16-18,20-21H2,1-4H3/t23-,24?,25+,27+,28-,29-/m0/s1. The minimum absolute atomic E-state index is 0.0375. The van der Waals surface area contributed by atoms with Gasteiger partial charge in [-0.05, 0) is 61.8 Å². The van der Waals surface area contributed by atoms with Gasteiger partial charge in [-0.15, -0.1) is 0 Å². The van der Waals surface area contributed by atoms with E-state index in [1.54, 1.807) is 6.20 Å². The maximum absolute atomic E-state index is 6.78. The van der Waals surface area contributed by atoms with E-state index in [2.05, 4.69) is 32.7 Å². The number of aromatic nitrogens is 1. The Bertz CT molecular complexity index is 721. The zero-order valence-electron chi connectivity index (χ0n) is 21.6. The zero-order valence-corrected chi connectivity index (χ0v) is 21.6. The van der Waals surface area contributed by atoms with E-state index in [0.29, 0.717) is 23.9 Å². The van der Waals surface area contributed by atoms with Crippen molar-refractivity contribution in [3.8, 4) is 5.88 Å². The van der Waals surface area contributed by atoms with Crippen molar-refractivity contribution in [3.05, 3.63) is 24.4 Å². The van der Waals surface area contributed by atoms with Gasteiger partial charge >= 0.3 is 0 Å². The fraction of sp³-hybridized carbons (Fsp3) is 0.828. The molecule has 33 heavy (non-hydrogen) atoms. The van der Waals surface area contributed by atoms with E-state index in [0.717, 1.165) is 25.5 Å². The summed E-state index contributed by atoms with van der Waals surface area (Å²) in [4.78, 5) is 4.34. The second-order valence-corrected chi connectivity index (χ2v) is 11.5. The Morgan fingerprint density at radius 1 is 1.15 bits per heavy atom. The first-order valence-electron chi connectivity index (χ1n) is 13.8. The van der Waals surface area contributed by atoms with Gasteiger partial charge < -0.3 is 14.2 Å². The Morgan fingerprint density at radius 3 is 2.67 bits per heavy atom. The molecule has 4 nitrogen and oxygen atoms in total. The molecular weight excluding hydrogens is 410 g/mol. The maximum Gasteiger partial charge on any atom is 0.213 e. The normalized spacial score (nSPS) is 35.8. The highest BCUT2D eigenvalue weighted by molar-refractivity contribution is 5.09. The summed E-state index contributed by atoms with van der Waals surface area (Å²) in [5, 5.41) is 0. The highest BCUT2D eigenvalue weighted by Gasteiger charge is 2.58. The summed E-state index contributed by atoms with van der Waals surface area (Å²) >= 11 is 0. The largest absolute Gasteiger partial charge is 0.478 e. The van der Waals surface area contributed by atoms with Crippen LogP contribution in [0.1, 0.15) is 98.3 Å². The van der Waals surface area contributed by atoms with Crippen LogP contribution >= 0.6 is 0 Å². The molecule has 1 aromatic heterocycles. The molecule has 186 valence electrons. The highest BCUT2D eigenvalue weighted by Crippen LogP contribution is 2.60. The van der Waals surface area contributed by atoms with Gasteiger partial charge in [0.1, 0.15) is 0 Å². The lowest BCUT2D eigenvalue weighted by atomic mass is 9.49. The number of nitrogens with zero attached hydrogens (tertiary/aromatic N) is 1. The van der Waals surface area contributed by atoms with Crippen molar-refractivity contribution in [1.82, 2.24) is 4.98 Å². The minimum Gasteiger partial charge on any atom is -0.478 e. The monoisotopic (exact) mass is 457 g/mol. The molecule has 1 aromatic rings. The van der Waals surface area contributed by atoms with Crippen LogP contribution < -0.4 is 4.74 Å². The van der Waals surface area contributed by atoms with Crippen LogP contribution in [-0.4, -0.2) is 30.6 Å². The molecule has 0 aromatic carbocycles. The topological polar surface area (TPSA) is 40.6 Å². The number of rotatable bonds is 10. The third kappa shape index (κ3) is 5.27. The molecule has 4 rings (SSSR count). The van der Waals surface area contributed by atoms with E-state index >= 15 is 0 Å². The van der Waals surface area contributed by atoms with E-state index < -0.39 is 0 Å². The average molecular weight is 458 g/mol. The van der Waals surface area contributed by atoms with Gasteiger partial charge in [0.25, 0.3) is 0 Å². The van der Waals surface area contributed by atoms with Crippen LogP contribution in [0.5, 0.6) is 5.88 Å². The Hall–Kier alpha value is -1.13. The van der Waals surface area contributed by atoms with Crippen LogP contribution in [0.2, 0.25) is 0 Å². The van der Waals surface area contributed by atoms with Crippen LogP contribution in [-0.2, 0) is 9.47 Å². The van der Waals surface area contributed by atoms with Crippen molar-refractivity contribution >= 4 is 0 Å². The van der Waals surface area contributed by atoms with E-state index in [1.807, 2.05) is 18.2 Å².